The van der Waals surface area contributed by atoms with E-state index in [9.17, 15) is 0 Å². The van der Waals surface area contributed by atoms with Crippen LogP contribution in [-0.4, -0.2) is 17.1 Å². The Morgan fingerprint density at radius 1 is 1.35 bits per heavy atom. The Bertz CT molecular complexity index is 510. The number of aromatic nitrogens is 2. The molecule has 2 N–H and O–H groups in total. The van der Waals surface area contributed by atoms with Crippen LogP contribution >= 0.6 is 11.3 Å². The Balaban J connectivity index is 2.39. The molecule has 17 heavy (non-hydrogen) atoms. The number of rotatable bonds is 4. The maximum Gasteiger partial charge on any atom is 0.142 e. The van der Waals surface area contributed by atoms with Gasteiger partial charge in [0.25, 0.3) is 0 Å². The Labute approximate surface area is 104 Å². The van der Waals surface area contributed by atoms with Crippen LogP contribution in [0.4, 0.5) is 0 Å². The van der Waals surface area contributed by atoms with Gasteiger partial charge in [0.15, 0.2) is 0 Å². The molecule has 0 bridgehead atoms. The summed E-state index contributed by atoms with van der Waals surface area (Å²) in [5.74, 6) is 0. The molecule has 0 amide bonds. The van der Waals surface area contributed by atoms with E-state index in [0.717, 1.165) is 27.0 Å². The number of nitrogens with two attached hydrogens (primary N) is 1. The largest absolute Gasteiger partial charge is 0.378 e. The molecule has 5 heteroatoms. The van der Waals surface area contributed by atoms with Gasteiger partial charge < -0.3 is 10.5 Å². The fraction of sp³-hybridized carbons (Fsp3) is 0.333. The smallest absolute Gasteiger partial charge is 0.142 e. The number of pyridine rings is 1. The molecule has 0 unspecified atom stereocenters. The standard InChI is InChI=1S/C12H15N3OS/c1-8-4-3-5-9(14-8)12-15-10(7-16-2)11(6-13)17-12/h3-5H,6-7,13H2,1-2H3. The van der Waals surface area contributed by atoms with Crippen LogP contribution in [0.1, 0.15) is 16.3 Å². The fourth-order valence-electron chi connectivity index (χ4n) is 1.56. The zero-order chi connectivity index (χ0) is 12.3. The van der Waals surface area contributed by atoms with Gasteiger partial charge in [0.1, 0.15) is 5.01 Å². The number of aryl methyl sites for hydroxylation is 1. The van der Waals surface area contributed by atoms with Crippen molar-refractivity contribution in [2.24, 2.45) is 5.73 Å². The molecule has 0 saturated carbocycles. The normalized spacial score (nSPS) is 10.8. The van der Waals surface area contributed by atoms with Crippen LogP contribution in [0.2, 0.25) is 0 Å². The van der Waals surface area contributed by atoms with Crippen molar-refractivity contribution in [3.8, 4) is 10.7 Å². The molecular formula is C12H15N3OS. The topological polar surface area (TPSA) is 61.0 Å². The molecule has 0 aliphatic rings. The summed E-state index contributed by atoms with van der Waals surface area (Å²) in [5.41, 5.74) is 8.49. The molecule has 2 heterocycles. The summed E-state index contributed by atoms with van der Waals surface area (Å²) in [7, 11) is 1.66. The van der Waals surface area contributed by atoms with Gasteiger partial charge in [0.2, 0.25) is 0 Å². The van der Waals surface area contributed by atoms with Crippen LogP contribution in [-0.2, 0) is 17.9 Å². The van der Waals surface area contributed by atoms with Crippen molar-refractivity contribution >= 4 is 11.3 Å². The van der Waals surface area contributed by atoms with Crippen LogP contribution < -0.4 is 5.73 Å². The first-order valence-corrected chi connectivity index (χ1v) is 6.18. The van der Waals surface area contributed by atoms with Crippen molar-refractivity contribution in [1.29, 1.82) is 0 Å². The zero-order valence-electron chi connectivity index (χ0n) is 9.93. The summed E-state index contributed by atoms with van der Waals surface area (Å²) in [4.78, 5) is 10.1. The maximum absolute atomic E-state index is 5.70. The Hall–Kier alpha value is -1.30. The van der Waals surface area contributed by atoms with E-state index in [1.807, 2.05) is 25.1 Å². The minimum absolute atomic E-state index is 0.488. The van der Waals surface area contributed by atoms with Crippen LogP contribution in [0.25, 0.3) is 10.7 Å². The molecule has 0 fully saturated rings. The second-order valence-corrected chi connectivity index (χ2v) is 4.77. The number of thiazole rings is 1. The third kappa shape index (κ3) is 2.69. The molecule has 2 aromatic heterocycles. The Morgan fingerprint density at radius 3 is 2.82 bits per heavy atom. The minimum Gasteiger partial charge on any atom is -0.378 e. The fourth-order valence-corrected chi connectivity index (χ4v) is 2.48. The summed E-state index contributed by atoms with van der Waals surface area (Å²) in [6.45, 7) is 2.95. The quantitative estimate of drug-likeness (QED) is 0.901. The van der Waals surface area contributed by atoms with Gasteiger partial charge in [0.05, 0.1) is 18.0 Å². The molecule has 0 aliphatic heterocycles. The highest BCUT2D eigenvalue weighted by Gasteiger charge is 2.12. The molecule has 0 spiro atoms. The van der Waals surface area contributed by atoms with Crippen LogP contribution in [0.3, 0.4) is 0 Å². The van der Waals surface area contributed by atoms with E-state index in [2.05, 4.69) is 9.97 Å². The average Bonchev–Trinajstić information content (AvgIpc) is 2.73. The van der Waals surface area contributed by atoms with Crippen LogP contribution in [0.5, 0.6) is 0 Å². The first kappa shape index (κ1) is 12.2. The van der Waals surface area contributed by atoms with Gasteiger partial charge in [-0.25, -0.2) is 4.98 Å². The van der Waals surface area contributed by atoms with Crippen molar-refractivity contribution in [2.75, 3.05) is 7.11 Å². The summed E-state index contributed by atoms with van der Waals surface area (Å²) >= 11 is 1.58. The summed E-state index contributed by atoms with van der Waals surface area (Å²) < 4.78 is 5.11. The molecule has 2 rings (SSSR count). The Morgan fingerprint density at radius 2 is 2.18 bits per heavy atom. The lowest BCUT2D eigenvalue weighted by atomic mass is 10.3. The molecule has 0 aromatic carbocycles. The zero-order valence-corrected chi connectivity index (χ0v) is 10.8. The van der Waals surface area contributed by atoms with Crippen molar-refractivity contribution in [2.45, 2.75) is 20.1 Å². The third-order valence-electron chi connectivity index (χ3n) is 2.35. The second-order valence-electron chi connectivity index (χ2n) is 3.69. The van der Waals surface area contributed by atoms with E-state index in [0.29, 0.717) is 13.2 Å². The van der Waals surface area contributed by atoms with Crippen molar-refractivity contribution in [1.82, 2.24) is 9.97 Å². The lowest BCUT2D eigenvalue weighted by Gasteiger charge is -1.96. The van der Waals surface area contributed by atoms with E-state index in [1.165, 1.54) is 0 Å². The predicted molar refractivity (Wildman–Crippen MR) is 68.7 cm³/mol. The van der Waals surface area contributed by atoms with Crippen molar-refractivity contribution < 1.29 is 4.74 Å². The van der Waals surface area contributed by atoms with Gasteiger partial charge in [-0.1, -0.05) is 6.07 Å². The molecule has 2 aromatic rings. The molecule has 0 radical (unpaired) electrons. The van der Waals surface area contributed by atoms with Gasteiger partial charge >= 0.3 is 0 Å². The van der Waals surface area contributed by atoms with E-state index < -0.39 is 0 Å². The minimum atomic E-state index is 0.488. The van der Waals surface area contributed by atoms with Gasteiger partial charge in [-0.15, -0.1) is 11.3 Å². The van der Waals surface area contributed by atoms with E-state index in [4.69, 9.17) is 10.5 Å². The summed E-state index contributed by atoms with van der Waals surface area (Å²) in [6, 6.07) is 5.91. The summed E-state index contributed by atoms with van der Waals surface area (Å²) in [6.07, 6.45) is 0. The first-order chi connectivity index (χ1) is 8.24. The summed E-state index contributed by atoms with van der Waals surface area (Å²) in [5, 5.41) is 0.904. The number of hydrogen-bond donors (Lipinski definition) is 1. The van der Waals surface area contributed by atoms with E-state index >= 15 is 0 Å². The third-order valence-corrected chi connectivity index (χ3v) is 3.49. The van der Waals surface area contributed by atoms with E-state index in [1.54, 1.807) is 18.4 Å². The van der Waals surface area contributed by atoms with Crippen molar-refractivity contribution in [3.63, 3.8) is 0 Å². The lowest BCUT2D eigenvalue weighted by molar-refractivity contribution is 0.181. The van der Waals surface area contributed by atoms with Gasteiger partial charge in [-0.05, 0) is 19.1 Å². The average molecular weight is 249 g/mol. The molecular weight excluding hydrogens is 234 g/mol. The molecule has 0 aliphatic carbocycles. The van der Waals surface area contributed by atoms with Gasteiger partial charge in [0, 0.05) is 24.2 Å². The number of nitrogens with zero attached hydrogens (tertiary/aromatic N) is 2. The van der Waals surface area contributed by atoms with Crippen molar-refractivity contribution in [3.05, 3.63) is 34.5 Å². The number of hydrogen-bond acceptors (Lipinski definition) is 5. The van der Waals surface area contributed by atoms with Gasteiger partial charge in [-0.3, -0.25) is 4.98 Å². The van der Waals surface area contributed by atoms with Crippen LogP contribution in [0, 0.1) is 6.92 Å². The SMILES string of the molecule is COCc1nc(-c2cccc(C)n2)sc1CN. The highest BCUT2D eigenvalue weighted by atomic mass is 32.1. The monoisotopic (exact) mass is 249 g/mol. The molecule has 90 valence electrons. The van der Waals surface area contributed by atoms with Gasteiger partial charge in [-0.2, -0.15) is 0 Å². The Kier molecular flexibility index (Phi) is 3.83. The maximum atomic E-state index is 5.70. The molecule has 0 atom stereocenters. The predicted octanol–water partition coefficient (Wildman–Crippen LogP) is 2.12. The number of methoxy groups -OCH3 is 1. The number of ether oxygens (including phenoxy) is 1. The molecule has 4 nitrogen and oxygen atoms in total. The highest BCUT2D eigenvalue weighted by molar-refractivity contribution is 7.15. The highest BCUT2D eigenvalue weighted by Crippen LogP contribution is 2.27. The lowest BCUT2D eigenvalue weighted by Crippen LogP contribution is -1.99. The second kappa shape index (κ2) is 5.35. The van der Waals surface area contributed by atoms with Crippen LogP contribution in [0.15, 0.2) is 18.2 Å². The van der Waals surface area contributed by atoms with E-state index in [-0.39, 0.29) is 0 Å². The first-order valence-electron chi connectivity index (χ1n) is 5.36. The molecule has 0 saturated heterocycles.